The summed E-state index contributed by atoms with van der Waals surface area (Å²) < 4.78 is 0. The summed E-state index contributed by atoms with van der Waals surface area (Å²) in [6, 6.07) is 13.3. The van der Waals surface area contributed by atoms with Crippen LogP contribution in [0.1, 0.15) is 34.3 Å². The monoisotopic (exact) mass is 429 g/mol. The quantitative estimate of drug-likeness (QED) is 0.747. The number of nitrogens with one attached hydrogen (secondary N) is 1. The first-order valence-corrected chi connectivity index (χ1v) is 10.3. The molecule has 3 aliphatic rings. The molecule has 3 heterocycles. The van der Waals surface area contributed by atoms with E-state index >= 15 is 0 Å². The van der Waals surface area contributed by atoms with Gasteiger partial charge in [0.25, 0.3) is 5.91 Å². The van der Waals surface area contributed by atoms with Crippen LogP contribution in [-0.4, -0.2) is 47.8 Å². The lowest BCUT2D eigenvalue weighted by Gasteiger charge is -2.29. The summed E-state index contributed by atoms with van der Waals surface area (Å²) >= 11 is 0. The molecule has 9 heteroatoms. The van der Waals surface area contributed by atoms with Crippen molar-refractivity contribution in [1.82, 2.24) is 10.2 Å². The summed E-state index contributed by atoms with van der Waals surface area (Å²) in [5.74, 6) is -1.01. The van der Waals surface area contributed by atoms with Gasteiger partial charge in [-0.05, 0) is 54.4 Å². The van der Waals surface area contributed by atoms with Gasteiger partial charge in [-0.25, -0.2) is 4.79 Å². The van der Waals surface area contributed by atoms with Crippen molar-refractivity contribution in [3.63, 3.8) is 0 Å². The number of nitriles is 1. The van der Waals surface area contributed by atoms with Crippen LogP contribution in [0.15, 0.2) is 42.5 Å². The zero-order valence-corrected chi connectivity index (χ0v) is 17.1. The molecule has 2 saturated heterocycles. The maximum atomic E-state index is 13.0. The molecular weight excluding hydrogens is 410 g/mol. The minimum absolute atomic E-state index is 0.180. The number of rotatable bonds is 3. The minimum atomic E-state index is -0.670. The molecule has 5 amide bonds. The lowest BCUT2D eigenvalue weighted by atomic mass is 10.0. The number of piperidine rings is 1. The highest BCUT2D eigenvalue weighted by Gasteiger charge is 2.39. The third-order valence-electron chi connectivity index (χ3n) is 6.14. The Labute approximate surface area is 183 Å². The fraction of sp³-hybridized carbons (Fsp3) is 0.261. The highest BCUT2D eigenvalue weighted by Crippen LogP contribution is 2.32. The van der Waals surface area contributed by atoms with E-state index in [1.54, 1.807) is 46.2 Å². The summed E-state index contributed by atoms with van der Waals surface area (Å²) in [6.45, 7) is 1.25. The Balaban J connectivity index is 1.35. The molecule has 5 rings (SSSR count). The van der Waals surface area contributed by atoms with Gasteiger partial charge in [0, 0.05) is 43.0 Å². The van der Waals surface area contributed by atoms with Gasteiger partial charge in [-0.15, -0.1) is 0 Å². The third-order valence-corrected chi connectivity index (χ3v) is 6.14. The molecule has 0 spiro atoms. The van der Waals surface area contributed by atoms with Crippen molar-refractivity contribution in [3.05, 3.63) is 59.2 Å². The van der Waals surface area contributed by atoms with E-state index in [1.165, 1.54) is 4.90 Å². The first kappa shape index (κ1) is 19.8. The van der Waals surface area contributed by atoms with Gasteiger partial charge in [0.15, 0.2) is 0 Å². The van der Waals surface area contributed by atoms with Crippen molar-refractivity contribution in [1.29, 1.82) is 5.26 Å². The van der Waals surface area contributed by atoms with Crippen molar-refractivity contribution < 1.29 is 19.2 Å². The Morgan fingerprint density at radius 3 is 2.31 bits per heavy atom. The number of anilines is 2. The average Bonchev–Trinajstić information content (AvgIpc) is 3.33. The maximum Gasteiger partial charge on any atom is 0.329 e. The van der Waals surface area contributed by atoms with Crippen LogP contribution in [0.5, 0.6) is 0 Å². The lowest BCUT2D eigenvalue weighted by molar-refractivity contribution is -0.136. The predicted molar refractivity (Wildman–Crippen MR) is 114 cm³/mol. The highest BCUT2D eigenvalue weighted by molar-refractivity contribution is 6.08. The number of carbonyl (C=O) groups excluding carboxylic acids is 4. The van der Waals surface area contributed by atoms with Crippen LogP contribution in [0, 0.1) is 11.3 Å². The molecule has 2 aromatic carbocycles. The van der Waals surface area contributed by atoms with Gasteiger partial charge in [0.05, 0.1) is 11.6 Å². The van der Waals surface area contributed by atoms with E-state index in [0.29, 0.717) is 36.3 Å². The van der Waals surface area contributed by atoms with Crippen molar-refractivity contribution in [2.75, 3.05) is 22.9 Å². The Kier molecular flexibility index (Phi) is 4.63. The Morgan fingerprint density at radius 2 is 1.62 bits per heavy atom. The van der Waals surface area contributed by atoms with Crippen LogP contribution < -0.4 is 15.1 Å². The molecule has 0 saturated carbocycles. The van der Waals surface area contributed by atoms with Crippen LogP contribution in [0.3, 0.4) is 0 Å². The summed E-state index contributed by atoms with van der Waals surface area (Å²) in [5, 5.41) is 11.3. The van der Waals surface area contributed by atoms with Crippen LogP contribution in [0.4, 0.5) is 16.2 Å². The molecule has 32 heavy (non-hydrogen) atoms. The Hall–Kier alpha value is -4.19. The minimum Gasteiger partial charge on any atom is -0.322 e. The zero-order valence-electron chi connectivity index (χ0n) is 17.1. The van der Waals surface area contributed by atoms with E-state index in [1.807, 2.05) is 6.07 Å². The van der Waals surface area contributed by atoms with Crippen LogP contribution in [0.25, 0.3) is 0 Å². The number of carbonyl (C=O) groups is 4. The standard InChI is InChI=1S/C23H19N5O4/c24-12-14-1-3-16(4-2-14)26-9-10-27(23(26)32)17-5-6-18-15(11-17)13-28(22(18)31)19-7-8-20(29)25-21(19)30/h1-6,11,19H,7-10,13H2,(H,25,29,30). The van der Waals surface area contributed by atoms with Crippen molar-refractivity contribution in [2.24, 2.45) is 0 Å². The zero-order chi connectivity index (χ0) is 22.4. The molecule has 1 N–H and O–H groups in total. The molecule has 9 nitrogen and oxygen atoms in total. The molecule has 1 atom stereocenters. The average molecular weight is 429 g/mol. The largest absolute Gasteiger partial charge is 0.329 e. The van der Waals surface area contributed by atoms with E-state index < -0.39 is 11.9 Å². The number of fused-ring (bicyclic) bond motifs is 1. The molecule has 0 aromatic heterocycles. The van der Waals surface area contributed by atoms with Gasteiger partial charge in [-0.1, -0.05) is 0 Å². The highest BCUT2D eigenvalue weighted by atomic mass is 16.2. The number of amides is 5. The molecule has 3 aliphatic heterocycles. The predicted octanol–water partition coefficient (Wildman–Crippen LogP) is 1.77. The molecular formula is C23H19N5O4. The number of imide groups is 1. The smallest absolute Gasteiger partial charge is 0.322 e. The van der Waals surface area contributed by atoms with Gasteiger partial charge in [0.2, 0.25) is 11.8 Å². The fourth-order valence-electron chi connectivity index (χ4n) is 4.46. The van der Waals surface area contributed by atoms with E-state index in [4.69, 9.17) is 5.26 Å². The molecule has 1 unspecified atom stereocenters. The van der Waals surface area contributed by atoms with E-state index in [9.17, 15) is 19.2 Å². The first-order valence-electron chi connectivity index (χ1n) is 10.3. The molecule has 160 valence electrons. The summed E-state index contributed by atoms with van der Waals surface area (Å²) in [4.78, 5) is 54.3. The van der Waals surface area contributed by atoms with Crippen molar-refractivity contribution >= 4 is 35.1 Å². The lowest BCUT2D eigenvalue weighted by Crippen LogP contribution is -2.52. The summed E-state index contributed by atoms with van der Waals surface area (Å²) in [7, 11) is 0. The Morgan fingerprint density at radius 1 is 0.938 bits per heavy atom. The molecule has 0 aliphatic carbocycles. The Bertz CT molecular complexity index is 1200. The second-order valence-electron chi connectivity index (χ2n) is 7.99. The second-order valence-corrected chi connectivity index (χ2v) is 7.99. The van der Waals surface area contributed by atoms with Gasteiger partial charge < -0.3 is 4.90 Å². The van der Waals surface area contributed by atoms with E-state index in [0.717, 1.165) is 11.3 Å². The van der Waals surface area contributed by atoms with Gasteiger partial charge in [0.1, 0.15) is 6.04 Å². The molecule has 0 radical (unpaired) electrons. The van der Waals surface area contributed by atoms with Crippen LogP contribution in [0.2, 0.25) is 0 Å². The van der Waals surface area contributed by atoms with Crippen molar-refractivity contribution in [2.45, 2.75) is 25.4 Å². The fourth-order valence-corrected chi connectivity index (χ4v) is 4.46. The summed E-state index contributed by atoms with van der Waals surface area (Å²) in [5.41, 5.74) is 3.19. The number of benzene rings is 2. The van der Waals surface area contributed by atoms with Gasteiger partial charge in [-0.2, -0.15) is 5.26 Å². The maximum absolute atomic E-state index is 13.0. The topological polar surface area (TPSA) is 114 Å². The van der Waals surface area contributed by atoms with Crippen LogP contribution in [-0.2, 0) is 16.1 Å². The number of hydrogen-bond donors (Lipinski definition) is 1. The number of nitrogens with zero attached hydrogens (tertiary/aromatic N) is 4. The SMILES string of the molecule is N#Cc1ccc(N2CCN(c3ccc4c(c3)CN(C3CCC(=O)NC3=O)C4=O)C2=O)cc1. The van der Waals surface area contributed by atoms with Gasteiger partial charge >= 0.3 is 6.03 Å². The molecule has 2 aromatic rings. The summed E-state index contributed by atoms with van der Waals surface area (Å²) in [6.07, 6.45) is 0.511. The number of hydrogen-bond acceptors (Lipinski definition) is 5. The van der Waals surface area contributed by atoms with Crippen molar-refractivity contribution in [3.8, 4) is 6.07 Å². The second kappa shape index (κ2) is 7.50. The van der Waals surface area contributed by atoms with E-state index in [-0.39, 0.29) is 30.8 Å². The van der Waals surface area contributed by atoms with Crippen LogP contribution >= 0.6 is 0 Å². The molecule has 0 bridgehead atoms. The first-order chi connectivity index (χ1) is 15.5. The van der Waals surface area contributed by atoms with E-state index in [2.05, 4.69) is 11.4 Å². The normalized spacial score (nSPS) is 20.5. The number of urea groups is 1. The molecule has 2 fully saturated rings. The van der Waals surface area contributed by atoms with Gasteiger partial charge in [-0.3, -0.25) is 29.5 Å². The third kappa shape index (κ3) is 3.17.